The molecule has 3 aromatic rings. The molecule has 1 aromatic heterocycles. The van der Waals surface area contributed by atoms with Gasteiger partial charge < -0.3 is 24.8 Å². The predicted molar refractivity (Wildman–Crippen MR) is 148 cm³/mol. The van der Waals surface area contributed by atoms with Gasteiger partial charge in [0.2, 0.25) is 5.91 Å². The molecule has 38 heavy (non-hydrogen) atoms. The molecular weight excluding hydrogens is 480 g/mol. The van der Waals surface area contributed by atoms with Crippen LogP contribution in [0.5, 0.6) is 5.75 Å². The summed E-state index contributed by atoms with van der Waals surface area (Å²) < 4.78 is 5.30. The Balaban J connectivity index is 1.35. The van der Waals surface area contributed by atoms with Gasteiger partial charge in [-0.15, -0.1) is 10.2 Å². The van der Waals surface area contributed by atoms with E-state index in [-0.39, 0.29) is 18.5 Å². The van der Waals surface area contributed by atoms with Crippen LogP contribution in [0.2, 0.25) is 0 Å². The van der Waals surface area contributed by atoms with Crippen LogP contribution in [0, 0.1) is 0 Å². The zero-order chi connectivity index (χ0) is 27.1. The summed E-state index contributed by atoms with van der Waals surface area (Å²) in [7, 11) is 1.64. The molecule has 1 aliphatic heterocycles. The standard InChI is InChI=1S/C29H36N6O3/c1-29(2,3)30-28(37)35(20-22-9-6-5-7-10-22)21-27(36)34-17-15-33(16-18-34)26-14-13-25(31-32-26)23-11-8-12-24(19-23)38-4/h5-14,19H,15-18,20-21H2,1-4H3,(H,30,37). The average molecular weight is 517 g/mol. The molecule has 4 rings (SSSR count). The summed E-state index contributed by atoms with van der Waals surface area (Å²) in [5.74, 6) is 1.48. The first-order valence-corrected chi connectivity index (χ1v) is 12.8. The molecule has 3 amide bonds. The van der Waals surface area contributed by atoms with Crippen LogP contribution < -0.4 is 15.0 Å². The zero-order valence-corrected chi connectivity index (χ0v) is 22.6. The summed E-state index contributed by atoms with van der Waals surface area (Å²) in [6.45, 7) is 8.57. The number of urea groups is 1. The second kappa shape index (κ2) is 11.9. The van der Waals surface area contributed by atoms with Crippen molar-refractivity contribution in [3.05, 3.63) is 72.3 Å². The maximum atomic E-state index is 13.2. The number of anilines is 1. The number of hydrogen-bond donors (Lipinski definition) is 1. The van der Waals surface area contributed by atoms with Crippen LogP contribution in [0.1, 0.15) is 26.3 Å². The molecule has 1 aliphatic rings. The Bertz CT molecular complexity index is 1220. The van der Waals surface area contributed by atoms with E-state index >= 15 is 0 Å². The third-order valence-corrected chi connectivity index (χ3v) is 6.28. The summed E-state index contributed by atoms with van der Waals surface area (Å²) in [5, 5.41) is 11.8. The highest BCUT2D eigenvalue weighted by Gasteiger charge is 2.27. The number of nitrogens with one attached hydrogen (secondary N) is 1. The fraction of sp³-hybridized carbons (Fsp3) is 0.379. The molecule has 0 unspecified atom stereocenters. The van der Waals surface area contributed by atoms with E-state index in [2.05, 4.69) is 20.4 Å². The normalized spacial score (nSPS) is 13.7. The van der Waals surface area contributed by atoms with Crippen LogP contribution in [-0.2, 0) is 11.3 Å². The molecule has 0 atom stereocenters. The minimum Gasteiger partial charge on any atom is -0.497 e. The van der Waals surface area contributed by atoms with Crippen LogP contribution >= 0.6 is 0 Å². The second-order valence-electron chi connectivity index (χ2n) is 10.4. The largest absolute Gasteiger partial charge is 0.497 e. The molecule has 0 aliphatic carbocycles. The van der Waals surface area contributed by atoms with Gasteiger partial charge in [0.15, 0.2) is 5.82 Å². The van der Waals surface area contributed by atoms with Gasteiger partial charge in [-0.25, -0.2) is 4.79 Å². The Morgan fingerprint density at radius 2 is 1.68 bits per heavy atom. The van der Waals surface area contributed by atoms with Gasteiger partial charge in [-0.05, 0) is 50.6 Å². The van der Waals surface area contributed by atoms with Crippen molar-refractivity contribution in [2.45, 2.75) is 32.9 Å². The van der Waals surface area contributed by atoms with Crippen LogP contribution in [0.25, 0.3) is 11.3 Å². The molecule has 2 heterocycles. The molecular formula is C29H36N6O3. The number of piperazine rings is 1. The Kier molecular flexibility index (Phi) is 8.45. The Morgan fingerprint density at radius 3 is 2.32 bits per heavy atom. The van der Waals surface area contributed by atoms with Gasteiger partial charge in [0.1, 0.15) is 12.3 Å². The SMILES string of the molecule is COc1cccc(-c2ccc(N3CCN(C(=O)CN(Cc4ccccc4)C(=O)NC(C)(C)C)CC3)nn2)c1. The number of hydrogen-bond acceptors (Lipinski definition) is 6. The molecule has 0 radical (unpaired) electrons. The highest BCUT2D eigenvalue weighted by atomic mass is 16.5. The average Bonchev–Trinajstić information content (AvgIpc) is 2.92. The maximum Gasteiger partial charge on any atom is 0.318 e. The van der Waals surface area contributed by atoms with Crippen molar-refractivity contribution < 1.29 is 14.3 Å². The van der Waals surface area contributed by atoms with Crippen LogP contribution in [0.4, 0.5) is 10.6 Å². The summed E-state index contributed by atoms with van der Waals surface area (Å²) in [4.78, 5) is 31.7. The number of nitrogens with zero attached hydrogens (tertiary/aromatic N) is 5. The van der Waals surface area contributed by atoms with Crippen LogP contribution in [0.3, 0.4) is 0 Å². The second-order valence-corrected chi connectivity index (χ2v) is 10.4. The van der Waals surface area contributed by atoms with E-state index < -0.39 is 5.54 Å². The van der Waals surface area contributed by atoms with Gasteiger partial charge in [0.05, 0.1) is 12.8 Å². The molecule has 200 valence electrons. The van der Waals surface area contributed by atoms with Crippen molar-refractivity contribution in [3.8, 4) is 17.0 Å². The van der Waals surface area contributed by atoms with Gasteiger partial charge in [-0.1, -0.05) is 42.5 Å². The number of methoxy groups -OCH3 is 1. The van der Waals surface area contributed by atoms with E-state index in [9.17, 15) is 9.59 Å². The molecule has 1 saturated heterocycles. The number of carbonyl (C=O) groups is 2. The third-order valence-electron chi connectivity index (χ3n) is 6.28. The number of benzene rings is 2. The summed E-state index contributed by atoms with van der Waals surface area (Å²) >= 11 is 0. The first-order valence-electron chi connectivity index (χ1n) is 12.8. The van der Waals surface area contributed by atoms with E-state index in [1.54, 1.807) is 12.0 Å². The molecule has 0 spiro atoms. The summed E-state index contributed by atoms with van der Waals surface area (Å²) in [6, 6.07) is 21.1. The van der Waals surface area contributed by atoms with Crippen molar-refractivity contribution >= 4 is 17.8 Å². The van der Waals surface area contributed by atoms with E-state index in [1.807, 2.05) is 92.4 Å². The fourth-order valence-electron chi connectivity index (χ4n) is 4.28. The molecule has 1 N–H and O–H groups in total. The first-order chi connectivity index (χ1) is 18.2. The van der Waals surface area contributed by atoms with Crippen molar-refractivity contribution in [1.29, 1.82) is 0 Å². The number of aromatic nitrogens is 2. The highest BCUT2D eigenvalue weighted by Crippen LogP contribution is 2.23. The van der Waals surface area contributed by atoms with Gasteiger partial charge in [-0.2, -0.15) is 0 Å². The van der Waals surface area contributed by atoms with E-state index in [0.29, 0.717) is 32.7 Å². The molecule has 1 fully saturated rings. The lowest BCUT2D eigenvalue weighted by molar-refractivity contribution is -0.132. The highest BCUT2D eigenvalue weighted by molar-refractivity contribution is 5.84. The first kappa shape index (κ1) is 26.9. The molecule has 0 saturated carbocycles. The van der Waals surface area contributed by atoms with Crippen LogP contribution in [0.15, 0.2) is 66.7 Å². The molecule has 9 nitrogen and oxygen atoms in total. The van der Waals surface area contributed by atoms with E-state index in [1.165, 1.54) is 0 Å². The van der Waals surface area contributed by atoms with Crippen molar-refractivity contribution in [3.63, 3.8) is 0 Å². The molecule has 2 aromatic carbocycles. The summed E-state index contributed by atoms with van der Waals surface area (Å²) in [5.41, 5.74) is 2.29. The van der Waals surface area contributed by atoms with Crippen LogP contribution in [-0.4, -0.2) is 77.3 Å². The third kappa shape index (κ3) is 7.21. The topological polar surface area (TPSA) is 90.9 Å². The Labute approximate surface area is 224 Å². The smallest absolute Gasteiger partial charge is 0.318 e. The van der Waals surface area contributed by atoms with E-state index in [4.69, 9.17) is 4.74 Å². The minimum atomic E-state index is -0.399. The monoisotopic (exact) mass is 516 g/mol. The Hall–Kier alpha value is -4.14. The van der Waals surface area contributed by atoms with Crippen molar-refractivity contribution in [1.82, 2.24) is 25.3 Å². The van der Waals surface area contributed by atoms with E-state index in [0.717, 1.165) is 28.4 Å². The number of amides is 3. The summed E-state index contributed by atoms with van der Waals surface area (Å²) in [6.07, 6.45) is 0. The zero-order valence-electron chi connectivity index (χ0n) is 22.6. The van der Waals surface area contributed by atoms with Gasteiger partial charge >= 0.3 is 6.03 Å². The number of rotatable bonds is 7. The lowest BCUT2D eigenvalue weighted by Gasteiger charge is -2.36. The van der Waals surface area contributed by atoms with Gasteiger partial charge in [-0.3, -0.25) is 4.79 Å². The minimum absolute atomic E-state index is 0.0197. The fourth-order valence-corrected chi connectivity index (χ4v) is 4.28. The van der Waals surface area contributed by atoms with Crippen molar-refractivity contribution in [2.24, 2.45) is 0 Å². The van der Waals surface area contributed by atoms with Gasteiger partial charge in [0, 0.05) is 43.8 Å². The number of ether oxygens (including phenoxy) is 1. The Morgan fingerprint density at radius 1 is 0.947 bits per heavy atom. The van der Waals surface area contributed by atoms with Crippen molar-refractivity contribution in [2.75, 3.05) is 44.7 Å². The number of carbonyl (C=O) groups excluding carboxylic acids is 2. The molecule has 0 bridgehead atoms. The van der Waals surface area contributed by atoms with Gasteiger partial charge in [0.25, 0.3) is 0 Å². The molecule has 9 heteroatoms. The lowest BCUT2D eigenvalue weighted by Crippen LogP contribution is -2.54. The predicted octanol–water partition coefficient (Wildman–Crippen LogP) is 3.81. The quantitative estimate of drug-likeness (QED) is 0.514. The maximum absolute atomic E-state index is 13.2. The lowest BCUT2D eigenvalue weighted by atomic mass is 10.1.